The maximum absolute atomic E-state index is 11.0. The van der Waals surface area contributed by atoms with Gasteiger partial charge in [0.2, 0.25) is 0 Å². The van der Waals surface area contributed by atoms with Gasteiger partial charge in [0.15, 0.2) is 0 Å². The number of hydrogen-bond acceptors (Lipinski definition) is 2. The van der Waals surface area contributed by atoms with Gasteiger partial charge in [-0.25, -0.2) is 0 Å². The van der Waals surface area contributed by atoms with Crippen LogP contribution < -0.4 is 0 Å². The van der Waals surface area contributed by atoms with Gasteiger partial charge in [-0.2, -0.15) is 0 Å². The van der Waals surface area contributed by atoms with E-state index < -0.39 is 6.10 Å². The number of aliphatic hydroxyl groups excluding tert-OH is 1. The summed E-state index contributed by atoms with van der Waals surface area (Å²) in [6.07, 6.45) is 5.11. The van der Waals surface area contributed by atoms with Gasteiger partial charge in [-0.3, -0.25) is 0 Å². The van der Waals surface area contributed by atoms with E-state index in [1.165, 1.54) is 12.8 Å². The Bertz CT molecular complexity index is 623. The van der Waals surface area contributed by atoms with Crippen molar-refractivity contribution in [3.63, 3.8) is 0 Å². The molecule has 0 aliphatic heterocycles. The van der Waals surface area contributed by atoms with Gasteiger partial charge in [-0.15, -0.1) is 0 Å². The van der Waals surface area contributed by atoms with E-state index in [9.17, 15) is 5.11 Å². The molecule has 1 heterocycles. The first-order valence-electron chi connectivity index (χ1n) is 7.87. The molecule has 0 amide bonds. The van der Waals surface area contributed by atoms with Crippen LogP contribution in [0.4, 0.5) is 0 Å². The molecule has 1 atom stereocenters. The van der Waals surface area contributed by atoms with E-state index in [1.54, 1.807) is 0 Å². The molecule has 1 aliphatic rings. The summed E-state index contributed by atoms with van der Waals surface area (Å²) in [5.74, 6) is 1.27. The normalized spacial score (nSPS) is 19.5. The number of fused-ring (bicyclic) bond motifs is 1. The van der Waals surface area contributed by atoms with Crippen molar-refractivity contribution in [1.29, 1.82) is 0 Å². The third-order valence-electron chi connectivity index (χ3n) is 4.76. The summed E-state index contributed by atoms with van der Waals surface area (Å²) in [5, 5.41) is 12.6. The lowest BCUT2D eigenvalue weighted by Crippen LogP contribution is -2.27. The minimum Gasteiger partial charge on any atom is -0.458 e. The van der Waals surface area contributed by atoms with E-state index >= 15 is 0 Å². The molecule has 1 saturated carbocycles. The maximum Gasteiger partial charge on any atom is 0.134 e. The van der Waals surface area contributed by atoms with E-state index in [4.69, 9.17) is 16.0 Å². The van der Waals surface area contributed by atoms with Crippen LogP contribution in [0.5, 0.6) is 0 Å². The third-order valence-corrected chi connectivity index (χ3v) is 5.00. The molecule has 21 heavy (non-hydrogen) atoms. The molecule has 0 bridgehead atoms. The number of benzene rings is 1. The topological polar surface area (TPSA) is 33.4 Å². The zero-order chi connectivity index (χ0) is 15.0. The van der Waals surface area contributed by atoms with Crippen molar-refractivity contribution in [3.05, 3.63) is 35.0 Å². The van der Waals surface area contributed by atoms with Crippen LogP contribution >= 0.6 is 11.6 Å². The lowest BCUT2D eigenvalue weighted by Gasteiger charge is -2.34. The zero-order valence-corrected chi connectivity index (χ0v) is 13.5. The van der Waals surface area contributed by atoms with Crippen LogP contribution in [0.1, 0.15) is 57.8 Å². The van der Waals surface area contributed by atoms with Crippen molar-refractivity contribution in [3.8, 4) is 0 Å². The van der Waals surface area contributed by atoms with Gasteiger partial charge >= 0.3 is 0 Å². The van der Waals surface area contributed by atoms with E-state index in [1.807, 2.05) is 24.3 Å². The van der Waals surface area contributed by atoms with Crippen LogP contribution in [-0.4, -0.2) is 5.11 Å². The number of rotatable bonds is 4. The first-order chi connectivity index (χ1) is 10.00. The Kier molecular flexibility index (Phi) is 4.02. The van der Waals surface area contributed by atoms with Crippen molar-refractivity contribution in [2.24, 2.45) is 11.3 Å². The minimum absolute atomic E-state index is 0.0220. The fourth-order valence-corrected chi connectivity index (χ4v) is 4.13. The minimum atomic E-state index is -0.520. The molecule has 1 aliphatic carbocycles. The fraction of sp³-hybridized carbons (Fsp3) is 0.556. The summed E-state index contributed by atoms with van der Waals surface area (Å²) in [6, 6.07) is 7.54. The Morgan fingerprint density at radius 3 is 2.62 bits per heavy atom. The summed E-state index contributed by atoms with van der Waals surface area (Å²) < 4.78 is 5.90. The lowest BCUT2D eigenvalue weighted by molar-refractivity contribution is -0.00265. The average Bonchev–Trinajstić information content (AvgIpc) is 3.04. The largest absolute Gasteiger partial charge is 0.458 e. The van der Waals surface area contributed by atoms with Crippen LogP contribution in [0, 0.1) is 11.3 Å². The number of aliphatic hydroxyl groups is 1. The Balaban J connectivity index is 1.95. The van der Waals surface area contributed by atoms with Crippen LogP contribution in [0.15, 0.2) is 28.7 Å². The molecule has 1 unspecified atom stereocenters. The second kappa shape index (κ2) is 5.66. The van der Waals surface area contributed by atoms with Crippen LogP contribution in [0.25, 0.3) is 11.0 Å². The first-order valence-corrected chi connectivity index (χ1v) is 8.25. The predicted molar refractivity (Wildman–Crippen MR) is 86.5 cm³/mol. The van der Waals surface area contributed by atoms with Gasteiger partial charge in [0.05, 0.1) is 0 Å². The smallest absolute Gasteiger partial charge is 0.134 e. The Morgan fingerprint density at radius 2 is 1.95 bits per heavy atom. The Labute approximate surface area is 131 Å². The Morgan fingerprint density at radius 1 is 1.24 bits per heavy atom. The standard InChI is InChI=1S/C18H23ClO2/c1-12(2)11-18(7-3-4-8-18)17(20)16-10-13-9-14(19)5-6-15(13)21-16/h5-6,9-10,12,17,20H,3-4,7-8,11H2,1-2H3. The highest BCUT2D eigenvalue weighted by Crippen LogP contribution is 2.52. The van der Waals surface area contributed by atoms with Crippen molar-refractivity contribution < 1.29 is 9.52 Å². The summed E-state index contributed by atoms with van der Waals surface area (Å²) in [4.78, 5) is 0. The molecule has 1 fully saturated rings. The van der Waals surface area contributed by atoms with E-state index in [-0.39, 0.29) is 5.41 Å². The molecule has 1 N–H and O–H groups in total. The molecule has 1 aromatic carbocycles. The molecular formula is C18H23ClO2. The molecule has 2 aromatic rings. The molecule has 3 heteroatoms. The van der Waals surface area contributed by atoms with Gasteiger partial charge in [0.1, 0.15) is 17.4 Å². The second-order valence-corrected chi connectivity index (χ2v) is 7.34. The summed E-state index contributed by atoms with van der Waals surface area (Å²) in [7, 11) is 0. The van der Waals surface area contributed by atoms with E-state index in [0.717, 1.165) is 30.2 Å². The predicted octanol–water partition coefficient (Wildman–Crippen LogP) is 5.73. The molecule has 3 rings (SSSR count). The molecule has 2 nitrogen and oxygen atoms in total. The van der Waals surface area contributed by atoms with E-state index in [0.29, 0.717) is 16.7 Å². The lowest BCUT2D eigenvalue weighted by atomic mass is 9.73. The van der Waals surface area contributed by atoms with Crippen molar-refractivity contribution in [2.75, 3.05) is 0 Å². The van der Waals surface area contributed by atoms with Crippen LogP contribution in [-0.2, 0) is 0 Å². The highest BCUT2D eigenvalue weighted by atomic mass is 35.5. The summed E-state index contributed by atoms with van der Waals surface area (Å²) >= 11 is 6.03. The highest BCUT2D eigenvalue weighted by Gasteiger charge is 2.43. The molecule has 0 saturated heterocycles. The molecule has 1 aromatic heterocycles. The molecule has 114 valence electrons. The monoisotopic (exact) mass is 306 g/mol. The van der Waals surface area contributed by atoms with Crippen LogP contribution in [0.2, 0.25) is 5.02 Å². The molecule has 0 spiro atoms. The van der Waals surface area contributed by atoms with Gasteiger partial charge in [-0.1, -0.05) is 38.3 Å². The molecule has 0 radical (unpaired) electrons. The third kappa shape index (κ3) is 2.84. The summed E-state index contributed by atoms with van der Waals surface area (Å²) in [5.41, 5.74) is 0.775. The fourth-order valence-electron chi connectivity index (χ4n) is 3.95. The van der Waals surface area contributed by atoms with Gasteiger partial charge in [0, 0.05) is 15.8 Å². The number of furan rings is 1. The van der Waals surface area contributed by atoms with Crippen molar-refractivity contribution in [2.45, 2.75) is 52.1 Å². The van der Waals surface area contributed by atoms with Crippen LogP contribution in [0.3, 0.4) is 0 Å². The Hall–Kier alpha value is -0.990. The number of halogens is 1. The quantitative estimate of drug-likeness (QED) is 0.783. The van der Waals surface area contributed by atoms with Crippen molar-refractivity contribution >= 4 is 22.6 Å². The summed E-state index contributed by atoms with van der Waals surface area (Å²) in [6.45, 7) is 4.45. The van der Waals surface area contributed by atoms with E-state index in [2.05, 4.69) is 13.8 Å². The SMILES string of the molecule is CC(C)CC1(C(O)c2cc3cc(Cl)ccc3o2)CCCC1. The van der Waals surface area contributed by atoms with Gasteiger partial charge < -0.3 is 9.52 Å². The number of hydrogen-bond donors (Lipinski definition) is 1. The van der Waals surface area contributed by atoms with Gasteiger partial charge in [-0.05, 0) is 49.4 Å². The zero-order valence-electron chi connectivity index (χ0n) is 12.7. The maximum atomic E-state index is 11.0. The highest BCUT2D eigenvalue weighted by molar-refractivity contribution is 6.31. The molecular weight excluding hydrogens is 284 g/mol. The first kappa shape index (κ1) is 14.9. The van der Waals surface area contributed by atoms with Gasteiger partial charge in [0.25, 0.3) is 0 Å². The average molecular weight is 307 g/mol. The second-order valence-electron chi connectivity index (χ2n) is 6.90. The van der Waals surface area contributed by atoms with Crippen molar-refractivity contribution in [1.82, 2.24) is 0 Å².